The molecule has 1 fully saturated rings. The molecule has 3 N–H and O–H groups in total. The number of aliphatic hydroxyl groups is 1. The number of anilines is 2. The average molecular weight is 541 g/mol. The second-order valence-corrected chi connectivity index (χ2v) is 9.40. The highest BCUT2D eigenvalue weighted by Crippen LogP contribution is 2.41. The van der Waals surface area contributed by atoms with Gasteiger partial charge in [0.25, 0.3) is 12.4 Å². The number of ether oxygens (including phenoxy) is 2. The zero-order chi connectivity index (χ0) is 27.5. The minimum Gasteiger partial charge on any atom is -0.458 e. The molecule has 4 atom stereocenters. The number of aliphatic hydroxyl groups excluding tert-OH is 1. The molecule has 1 aliphatic heterocycles. The fourth-order valence-electron chi connectivity index (χ4n) is 4.59. The molecule has 4 aromatic heterocycles. The number of carbonyl (C=O) groups excluding carboxylic acids is 1. The van der Waals surface area contributed by atoms with Crippen molar-refractivity contribution in [2.24, 2.45) is 7.05 Å². The third kappa shape index (κ3) is 5.40. The van der Waals surface area contributed by atoms with E-state index >= 15 is 0 Å². The monoisotopic (exact) mass is 540 g/mol. The highest BCUT2D eigenvalue weighted by molar-refractivity contribution is 5.84. The molecular weight excluding hydrogens is 508 g/mol. The van der Waals surface area contributed by atoms with Crippen molar-refractivity contribution >= 4 is 29.4 Å². The smallest absolute Gasteiger partial charge is 0.293 e. The first kappa shape index (κ1) is 26.5. The molecule has 5 rings (SSSR count). The molecule has 0 unspecified atom stereocenters. The zero-order valence-electron chi connectivity index (χ0n) is 22.2. The number of nitrogens with one attached hydrogen (secondary N) is 2. The van der Waals surface area contributed by atoms with Gasteiger partial charge in [0.2, 0.25) is 5.95 Å². The summed E-state index contributed by atoms with van der Waals surface area (Å²) >= 11 is 0. The molecule has 39 heavy (non-hydrogen) atoms. The Kier molecular flexibility index (Phi) is 7.70. The van der Waals surface area contributed by atoms with Crippen LogP contribution in [0.5, 0.6) is 0 Å². The summed E-state index contributed by atoms with van der Waals surface area (Å²) in [5, 5.41) is 21.7. The van der Waals surface area contributed by atoms with Gasteiger partial charge in [-0.05, 0) is 19.8 Å². The van der Waals surface area contributed by atoms with Crippen molar-refractivity contribution < 1.29 is 23.9 Å². The fraction of sp³-hybridized carbons (Fsp3) is 0.542. The summed E-state index contributed by atoms with van der Waals surface area (Å²) in [6, 6.07) is 0.179. The summed E-state index contributed by atoms with van der Waals surface area (Å²) in [6.45, 7) is 6.66. The van der Waals surface area contributed by atoms with Crippen LogP contribution in [-0.2, 0) is 27.7 Å². The van der Waals surface area contributed by atoms with Gasteiger partial charge >= 0.3 is 0 Å². The van der Waals surface area contributed by atoms with E-state index in [-0.39, 0.29) is 18.4 Å². The van der Waals surface area contributed by atoms with Crippen LogP contribution in [0.2, 0.25) is 0 Å². The second kappa shape index (κ2) is 11.3. The lowest BCUT2D eigenvalue weighted by molar-refractivity contribution is -0.140. The normalized spacial score (nSPS) is 21.1. The number of aromatic nitrogens is 8. The summed E-state index contributed by atoms with van der Waals surface area (Å²) in [5.41, 5.74) is 1.88. The quantitative estimate of drug-likeness (QED) is 0.221. The molecule has 4 aromatic rings. The van der Waals surface area contributed by atoms with Crippen LogP contribution in [0.15, 0.2) is 23.4 Å². The maximum atomic E-state index is 11.2. The maximum absolute atomic E-state index is 11.2. The van der Waals surface area contributed by atoms with E-state index in [1.807, 2.05) is 17.8 Å². The molecular formula is C24H32N10O5. The molecule has 0 radical (unpaired) electrons. The summed E-state index contributed by atoms with van der Waals surface area (Å²) in [4.78, 5) is 33.7. The third-order valence-electron chi connectivity index (χ3n) is 6.66. The van der Waals surface area contributed by atoms with Crippen molar-refractivity contribution in [3.63, 3.8) is 0 Å². The van der Waals surface area contributed by atoms with Crippen LogP contribution < -0.4 is 10.6 Å². The molecule has 0 aliphatic carbocycles. The number of imidazole rings is 2. The van der Waals surface area contributed by atoms with Crippen LogP contribution in [0.4, 0.5) is 11.8 Å². The first-order valence-corrected chi connectivity index (χ1v) is 12.9. The average Bonchev–Trinajstić information content (AvgIpc) is 3.71. The number of nitrogens with zero attached hydrogens (tertiary/aromatic N) is 8. The van der Waals surface area contributed by atoms with Crippen LogP contribution >= 0.6 is 0 Å². The van der Waals surface area contributed by atoms with Crippen molar-refractivity contribution in [3.8, 4) is 0 Å². The van der Waals surface area contributed by atoms with Crippen LogP contribution in [0.3, 0.4) is 0 Å². The number of fused-ring (bicyclic) bond motifs is 1. The summed E-state index contributed by atoms with van der Waals surface area (Å²) in [5.74, 6) is 1.42. The van der Waals surface area contributed by atoms with Gasteiger partial charge in [-0.2, -0.15) is 15.0 Å². The number of carbonyl (C=O) groups is 1. The van der Waals surface area contributed by atoms with Crippen molar-refractivity contribution in [1.82, 2.24) is 39.2 Å². The molecule has 208 valence electrons. The van der Waals surface area contributed by atoms with E-state index in [0.29, 0.717) is 41.7 Å². The Morgan fingerprint density at radius 1 is 1.21 bits per heavy atom. The first-order valence-electron chi connectivity index (χ1n) is 12.9. The van der Waals surface area contributed by atoms with Gasteiger partial charge in [0, 0.05) is 32.3 Å². The fourth-order valence-corrected chi connectivity index (χ4v) is 4.59. The molecule has 0 saturated carbocycles. The van der Waals surface area contributed by atoms with Crippen molar-refractivity contribution in [2.75, 3.05) is 17.2 Å². The lowest BCUT2D eigenvalue weighted by Gasteiger charge is -2.19. The van der Waals surface area contributed by atoms with Gasteiger partial charge < -0.3 is 34.3 Å². The van der Waals surface area contributed by atoms with Gasteiger partial charge in [0.15, 0.2) is 41.2 Å². The van der Waals surface area contributed by atoms with Crippen LogP contribution in [0.1, 0.15) is 56.4 Å². The zero-order valence-corrected chi connectivity index (χ0v) is 22.2. The summed E-state index contributed by atoms with van der Waals surface area (Å²) in [6.07, 6.45) is 3.37. The third-order valence-corrected chi connectivity index (χ3v) is 6.66. The van der Waals surface area contributed by atoms with Crippen molar-refractivity contribution in [2.45, 2.75) is 70.6 Å². The first-order chi connectivity index (χ1) is 18.9. The predicted molar refractivity (Wildman–Crippen MR) is 138 cm³/mol. The molecule has 0 bridgehead atoms. The maximum Gasteiger partial charge on any atom is 0.293 e. The van der Waals surface area contributed by atoms with Crippen LogP contribution in [-0.4, -0.2) is 75.6 Å². The summed E-state index contributed by atoms with van der Waals surface area (Å²) in [7, 11) is 1.92. The minimum atomic E-state index is -1.27. The van der Waals surface area contributed by atoms with Gasteiger partial charge in [-0.3, -0.25) is 9.36 Å². The molecule has 5 heterocycles. The van der Waals surface area contributed by atoms with E-state index in [9.17, 15) is 9.90 Å². The van der Waals surface area contributed by atoms with Gasteiger partial charge in [0.05, 0.1) is 18.3 Å². The van der Waals surface area contributed by atoms with Crippen molar-refractivity contribution in [3.05, 3.63) is 36.3 Å². The Balaban J connectivity index is 1.48. The van der Waals surface area contributed by atoms with Crippen molar-refractivity contribution in [1.29, 1.82) is 0 Å². The van der Waals surface area contributed by atoms with E-state index in [4.69, 9.17) is 24.0 Å². The Labute approximate surface area is 224 Å². The Bertz CT molecular complexity index is 1410. The van der Waals surface area contributed by atoms with E-state index in [1.165, 1.54) is 6.33 Å². The van der Waals surface area contributed by atoms with Crippen LogP contribution in [0.25, 0.3) is 11.2 Å². The van der Waals surface area contributed by atoms with Gasteiger partial charge in [-0.25, -0.2) is 9.97 Å². The molecule has 0 amide bonds. The molecule has 1 saturated heterocycles. The number of rotatable bonds is 12. The standard InChI is InChI=1S/C24H32N10O5/c1-5-14(6-2)29-20-16-21(31-24(30-20)25-8-7-15-9-33(4)10-26-15)34(11-27-16)23-17(36)18(37-12-35)19(38-23)22-28-13(3)32-39-22/h9-12,14,17-19,23,36H,5-8H2,1-4H3,(H2,25,29,30,31)/t17-,18+,19+,23-/m1/s1. The molecule has 0 aromatic carbocycles. The number of aryl methyl sites for hydroxylation is 2. The SMILES string of the molecule is CCC(CC)Nc1nc(NCCc2cn(C)cn2)nc2c1ncn2[C@@H]1O[C@H](c2nc(C)no2)[C@@H](OC=O)[C@H]1O. The van der Waals surface area contributed by atoms with E-state index in [0.717, 1.165) is 18.5 Å². The Morgan fingerprint density at radius 2 is 2.03 bits per heavy atom. The van der Waals surface area contributed by atoms with E-state index in [2.05, 4.69) is 44.6 Å². The number of hydrogen-bond acceptors (Lipinski definition) is 13. The Morgan fingerprint density at radius 3 is 2.69 bits per heavy atom. The van der Waals surface area contributed by atoms with E-state index in [1.54, 1.807) is 17.8 Å². The topological polar surface area (TPSA) is 180 Å². The highest BCUT2D eigenvalue weighted by atomic mass is 16.6. The Hall–Kier alpha value is -4.11. The second-order valence-electron chi connectivity index (χ2n) is 9.40. The van der Waals surface area contributed by atoms with Gasteiger partial charge in [-0.15, -0.1) is 0 Å². The summed E-state index contributed by atoms with van der Waals surface area (Å²) < 4.78 is 20.0. The van der Waals surface area contributed by atoms with Gasteiger partial charge in [0.1, 0.15) is 6.10 Å². The largest absolute Gasteiger partial charge is 0.458 e. The predicted octanol–water partition coefficient (Wildman–Crippen LogP) is 1.68. The number of hydrogen-bond donors (Lipinski definition) is 3. The minimum absolute atomic E-state index is 0.0907. The lowest BCUT2D eigenvalue weighted by atomic mass is 10.1. The van der Waals surface area contributed by atoms with E-state index < -0.39 is 24.5 Å². The molecule has 15 nitrogen and oxygen atoms in total. The lowest BCUT2D eigenvalue weighted by Crippen LogP contribution is -2.31. The van der Waals surface area contributed by atoms with Crippen LogP contribution in [0, 0.1) is 6.92 Å². The molecule has 0 spiro atoms. The molecule has 1 aliphatic rings. The molecule has 15 heteroatoms. The van der Waals surface area contributed by atoms with Gasteiger partial charge in [-0.1, -0.05) is 19.0 Å². The highest BCUT2D eigenvalue weighted by Gasteiger charge is 2.50.